The van der Waals surface area contributed by atoms with Crippen molar-refractivity contribution in [2.24, 2.45) is 0 Å². The van der Waals surface area contributed by atoms with Crippen molar-refractivity contribution >= 4 is 39.2 Å². The lowest BCUT2D eigenvalue weighted by molar-refractivity contribution is 0.0520. The highest BCUT2D eigenvalue weighted by atomic mass is 32.1. The van der Waals surface area contributed by atoms with E-state index in [2.05, 4.69) is 14.9 Å². The zero-order chi connectivity index (χ0) is 26.8. The second-order valence-electron chi connectivity index (χ2n) is 9.14. The molecule has 5 rings (SSSR count). The fourth-order valence-corrected chi connectivity index (χ4v) is 5.65. The minimum absolute atomic E-state index is 0.0393. The lowest BCUT2D eigenvalue weighted by Gasteiger charge is -2.28. The standard InChI is InChI=1S/C26H29N7O4S/c1-15-20-22(38-21(15)16-4-3-5-17(10-16)25(36)32(2)13-19(35)14-34)24(33-6-8-37-9-7-33)31-23(30-20)18-11-28-26(27)29-12-18/h3-5,10-12,19,34-35H,6-9,13-14H2,1-2H3,(H2,27,28,29). The second kappa shape index (κ2) is 11.0. The number of carbonyl (C=O) groups is 1. The molecule has 3 aromatic heterocycles. The molecule has 38 heavy (non-hydrogen) atoms. The van der Waals surface area contributed by atoms with E-state index >= 15 is 0 Å². The van der Waals surface area contributed by atoms with Crippen molar-refractivity contribution in [1.29, 1.82) is 0 Å². The number of thiophene rings is 1. The van der Waals surface area contributed by atoms with E-state index in [1.807, 2.05) is 25.1 Å². The fraction of sp³-hybridized carbons (Fsp3) is 0.346. The summed E-state index contributed by atoms with van der Waals surface area (Å²) >= 11 is 1.59. The number of aliphatic hydroxyl groups excluding tert-OH is 2. The smallest absolute Gasteiger partial charge is 0.253 e. The molecule has 1 unspecified atom stereocenters. The predicted octanol–water partition coefficient (Wildman–Crippen LogP) is 1.97. The molecule has 1 aromatic carbocycles. The number of anilines is 2. The van der Waals surface area contributed by atoms with Gasteiger partial charge >= 0.3 is 0 Å². The van der Waals surface area contributed by atoms with E-state index in [0.29, 0.717) is 43.3 Å². The van der Waals surface area contributed by atoms with Crippen molar-refractivity contribution in [3.05, 3.63) is 47.8 Å². The maximum atomic E-state index is 13.0. The predicted molar refractivity (Wildman–Crippen MR) is 146 cm³/mol. The number of aromatic nitrogens is 4. The number of fused-ring (bicyclic) bond motifs is 1. The minimum Gasteiger partial charge on any atom is -0.394 e. The van der Waals surface area contributed by atoms with E-state index in [0.717, 1.165) is 32.0 Å². The monoisotopic (exact) mass is 535 g/mol. The summed E-state index contributed by atoms with van der Waals surface area (Å²) in [5.41, 5.74) is 9.54. The van der Waals surface area contributed by atoms with Crippen molar-refractivity contribution < 1.29 is 19.7 Å². The summed E-state index contributed by atoms with van der Waals surface area (Å²) in [5, 5.41) is 18.9. The van der Waals surface area contributed by atoms with Crippen LogP contribution < -0.4 is 10.6 Å². The molecule has 1 atom stereocenters. The van der Waals surface area contributed by atoms with Crippen molar-refractivity contribution in [3.63, 3.8) is 0 Å². The number of hydrogen-bond acceptors (Lipinski definition) is 11. The average molecular weight is 536 g/mol. The van der Waals surface area contributed by atoms with Crippen LogP contribution in [-0.4, -0.2) is 93.6 Å². The molecule has 11 nitrogen and oxygen atoms in total. The molecule has 198 valence electrons. The Bertz CT molecular complexity index is 1450. The van der Waals surface area contributed by atoms with Gasteiger partial charge < -0.3 is 30.5 Å². The van der Waals surface area contributed by atoms with Crippen LogP contribution in [0.3, 0.4) is 0 Å². The number of aliphatic hydroxyl groups is 2. The molecular weight excluding hydrogens is 506 g/mol. The van der Waals surface area contributed by atoms with Crippen LogP contribution in [0.25, 0.3) is 32.0 Å². The van der Waals surface area contributed by atoms with E-state index in [1.165, 1.54) is 4.90 Å². The normalized spacial score (nSPS) is 14.6. The van der Waals surface area contributed by atoms with Gasteiger partial charge in [-0.2, -0.15) is 0 Å². The summed E-state index contributed by atoms with van der Waals surface area (Å²) in [6.45, 7) is 4.31. The molecule has 1 fully saturated rings. The van der Waals surface area contributed by atoms with E-state index in [9.17, 15) is 9.90 Å². The first-order chi connectivity index (χ1) is 18.4. The minimum atomic E-state index is -0.991. The number of carbonyl (C=O) groups excluding carboxylic acids is 1. The molecule has 1 saturated heterocycles. The first-order valence-corrected chi connectivity index (χ1v) is 13.0. The number of hydrogen-bond donors (Lipinski definition) is 3. The van der Waals surface area contributed by atoms with Crippen LogP contribution in [-0.2, 0) is 4.74 Å². The first kappa shape index (κ1) is 25.9. The van der Waals surface area contributed by atoms with Crippen LogP contribution in [0.5, 0.6) is 0 Å². The zero-order valence-corrected chi connectivity index (χ0v) is 22.0. The molecule has 4 aromatic rings. The Morgan fingerprint density at radius 2 is 1.95 bits per heavy atom. The van der Waals surface area contributed by atoms with E-state index < -0.39 is 12.7 Å². The molecule has 1 aliphatic rings. The van der Waals surface area contributed by atoms with E-state index in [-0.39, 0.29) is 18.4 Å². The Hall–Kier alpha value is -3.71. The first-order valence-electron chi connectivity index (χ1n) is 12.2. The molecule has 4 N–H and O–H groups in total. The highest BCUT2D eigenvalue weighted by Crippen LogP contribution is 2.42. The summed E-state index contributed by atoms with van der Waals surface area (Å²) in [6, 6.07) is 7.40. The van der Waals surface area contributed by atoms with Gasteiger partial charge in [-0.05, 0) is 30.2 Å². The third-order valence-corrected chi connectivity index (χ3v) is 7.73. The Morgan fingerprint density at radius 3 is 2.66 bits per heavy atom. The van der Waals surface area contributed by atoms with Gasteiger partial charge in [0.25, 0.3) is 5.91 Å². The van der Waals surface area contributed by atoms with E-state index in [1.54, 1.807) is 36.8 Å². The number of likely N-dealkylation sites (N-methyl/N-ethyl adjacent to an activating group) is 1. The highest BCUT2D eigenvalue weighted by Gasteiger charge is 2.24. The molecule has 4 heterocycles. The zero-order valence-electron chi connectivity index (χ0n) is 21.2. The molecule has 0 aliphatic carbocycles. The number of nitrogens with zero attached hydrogens (tertiary/aromatic N) is 6. The molecule has 0 saturated carbocycles. The van der Waals surface area contributed by atoms with Gasteiger partial charge in [0, 0.05) is 49.5 Å². The molecule has 0 spiro atoms. The van der Waals surface area contributed by atoms with Crippen molar-refractivity contribution in [1.82, 2.24) is 24.8 Å². The van der Waals surface area contributed by atoms with Crippen LogP contribution in [0, 0.1) is 6.92 Å². The molecule has 12 heteroatoms. The van der Waals surface area contributed by atoms with E-state index in [4.69, 9.17) is 25.5 Å². The largest absolute Gasteiger partial charge is 0.394 e. The molecule has 0 bridgehead atoms. The number of morpholine rings is 1. The van der Waals surface area contributed by atoms with Crippen LogP contribution >= 0.6 is 11.3 Å². The lowest BCUT2D eigenvalue weighted by Crippen LogP contribution is -2.36. The van der Waals surface area contributed by atoms with Crippen LogP contribution in [0.15, 0.2) is 36.7 Å². The van der Waals surface area contributed by atoms with Gasteiger partial charge in [-0.1, -0.05) is 12.1 Å². The Morgan fingerprint density at radius 1 is 1.21 bits per heavy atom. The summed E-state index contributed by atoms with van der Waals surface area (Å²) in [5.74, 6) is 1.29. The van der Waals surface area contributed by atoms with Gasteiger partial charge in [-0.25, -0.2) is 19.9 Å². The fourth-order valence-electron chi connectivity index (χ4n) is 4.39. The summed E-state index contributed by atoms with van der Waals surface area (Å²) in [4.78, 5) is 35.6. The van der Waals surface area contributed by atoms with Gasteiger partial charge in [0.05, 0.1) is 41.7 Å². The number of amides is 1. The number of benzene rings is 1. The van der Waals surface area contributed by atoms with Crippen LogP contribution in [0.2, 0.25) is 0 Å². The van der Waals surface area contributed by atoms with Gasteiger partial charge in [0.15, 0.2) is 11.6 Å². The van der Waals surface area contributed by atoms with Gasteiger partial charge in [0.2, 0.25) is 5.95 Å². The Kier molecular flexibility index (Phi) is 7.47. The van der Waals surface area contributed by atoms with Crippen molar-refractivity contribution in [2.45, 2.75) is 13.0 Å². The SMILES string of the molecule is Cc1c(-c2cccc(C(=O)N(C)CC(O)CO)c2)sc2c(N3CCOCC3)nc(-c3cnc(N)nc3)nc12. The highest BCUT2D eigenvalue weighted by molar-refractivity contribution is 7.23. The Labute approximate surface area is 223 Å². The van der Waals surface area contributed by atoms with Gasteiger partial charge in [-0.15, -0.1) is 11.3 Å². The van der Waals surface area contributed by atoms with Crippen molar-refractivity contribution in [2.75, 3.05) is 57.1 Å². The number of nitrogens with two attached hydrogens (primary N) is 1. The molecular formula is C26H29N7O4S. The Balaban J connectivity index is 1.59. The summed E-state index contributed by atoms with van der Waals surface area (Å²) in [6.07, 6.45) is 2.25. The molecule has 1 aliphatic heterocycles. The lowest BCUT2D eigenvalue weighted by atomic mass is 10.1. The topological polar surface area (TPSA) is 151 Å². The third-order valence-electron chi connectivity index (χ3n) is 6.40. The average Bonchev–Trinajstić information content (AvgIpc) is 3.29. The molecule has 0 radical (unpaired) electrons. The number of ether oxygens (including phenoxy) is 1. The number of nitrogen functional groups attached to an aromatic ring is 1. The molecule has 1 amide bonds. The van der Waals surface area contributed by atoms with Crippen LogP contribution in [0.4, 0.5) is 11.8 Å². The maximum absolute atomic E-state index is 13.0. The quantitative estimate of drug-likeness (QED) is 0.320. The number of rotatable bonds is 7. The summed E-state index contributed by atoms with van der Waals surface area (Å²) in [7, 11) is 1.60. The third kappa shape index (κ3) is 5.16. The van der Waals surface area contributed by atoms with Crippen molar-refractivity contribution in [3.8, 4) is 21.8 Å². The second-order valence-corrected chi connectivity index (χ2v) is 10.2. The van der Waals surface area contributed by atoms with Gasteiger partial charge in [0.1, 0.15) is 0 Å². The number of aryl methyl sites for hydroxylation is 1. The maximum Gasteiger partial charge on any atom is 0.253 e. The van der Waals surface area contributed by atoms with Gasteiger partial charge in [-0.3, -0.25) is 4.79 Å². The van der Waals surface area contributed by atoms with Crippen LogP contribution in [0.1, 0.15) is 15.9 Å². The summed E-state index contributed by atoms with van der Waals surface area (Å²) < 4.78 is 6.52.